The summed E-state index contributed by atoms with van der Waals surface area (Å²) in [6.45, 7) is 0.114. The fraction of sp³-hybridized carbons (Fsp3) is 0.333. The second-order valence-corrected chi connectivity index (χ2v) is 8.65. The Hall–Kier alpha value is -3.60. The Morgan fingerprint density at radius 3 is 2.62 bits per heavy atom. The number of amides is 1. The quantitative estimate of drug-likeness (QED) is 0.319. The minimum atomic E-state index is -1.53. The number of rotatable bonds is 7. The van der Waals surface area contributed by atoms with Gasteiger partial charge in [0.05, 0.1) is 37.4 Å². The van der Waals surface area contributed by atoms with Crippen molar-refractivity contribution < 1.29 is 20.1 Å². The summed E-state index contributed by atoms with van der Waals surface area (Å²) in [5, 5.41) is 31.3. The molecule has 0 unspecified atom stereocenters. The van der Waals surface area contributed by atoms with Crippen LogP contribution in [0.4, 0.5) is 0 Å². The highest BCUT2D eigenvalue weighted by Crippen LogP contribution is 2.31. The number of aliphatic hydroxyl groups excluding tert-OH is 3. The first-order valence-electron chi connectivity index (χ1n) is 11.2. The minimum absolute atomic E-state index is 0.212. The van der Waals surface area contributed by atoms with Gasteiger partial charge in [-0.25, -0.2) is 15.0 Å². The number of carbonyl (C=O) groups excluding carboxylic acids is 1. The zero-order chi connectivity index (χ0) is 23.9. The van der Waals surface area contributed by atoms with Crippen molar-refractivity contribution in [2.24, 2.45) is 0 Å². The number of carbonyl (C=O) groups is 1. The van der Waals surface area contributed by atoms with Crippen molar-refractivity contribution in [3.05, 3.63) is 65.5 Å². The Balaban J connectivity index is 1.61. The number of hydrogen-bond acceptors (Lipinski definition) is 7. The van der Waals surface area contributed by atoms with E-state index in [1.807, 2.05) is 43.5 Å². The standard InChI is InChI=1S/C24H26N6O4/c1-15-4-2-6-18(26-15)22-27-17-5-3-7-19(17)30(22)16-8-9-21-25-10-20(29(21)11-16)23(34)28-24(12-31,13-32)14-33/h2,4,6,8-11,31-33H,3,5,7,12-14H2,1H3,(H,28,34). The molecule has 176 valence electrons. The Labute approximate surface area is 195 Å². The lowest BCUT2D eigenvalue weighted by Crippen LogP contribution is -2.57. The third-order valence-corrected chi connectivity index (χ3v) is 6.27. The number of fused-ring (bicyclic) bond motifs is 2. The van der Waals surface area contributed by atoms with Gasteiger partial charge in [0.25, 0.3) is 5.91 Å². The molecule has 1 aliphatic carbocycles. The Kier molecular flexibility index (Phi) is 5.64. The molecule has 4 aromatic heterocycles. The molecule has 0 radical (unpaired) electrons. The van der Waals surface area contributed by atoms with Gasteiger partial charge in [0, 0.05) is 17.6 Å². The summed E-state index contributed by atoms with van der Waals surface area (Å²) in [7, 11) is 0. The Morgan fingerprint density at radius 2 is 1.88 bits per heavy atom. The average molecular weight is 463 g/mol. The minimum Gasteiger partial charge on any atom is -0.394 e. The van der Waals surface area contributed by atoms with Crippen molar-refractivity contribution in [2.45, 2.75) is 31.7 Å². The van der Waals surface area contributed by atoms with Gasteiger partial charge in [-0.15, -0.1) is 0 Å². The third-order valence-electron chi connectivity index (χ3n) is 6.27. The third kappa shape index (κ3) is 3.65. The fourth-order valence-electron chi connectivity index (χ4n) is 4.34. The van der Waals surface area contributed by atoms with Crippen LogP contribution in [0.5, 0.6) is 0 Å². The van der Waals surface area contributed by atoms with Crippen molar-refractivity contribution in [3.8, 4) is 17.2 Å². The van der Waals surface area contributed by atoms with Crippen LogP contribution in [-0.2, 0) is 12.8 Å². The van der Waals surface area contributed by atoms with E-state index in [1.54, 1.807) is 4.40 Å². The normalized spacial score (nSPS) is 13.4. The van der Waals surface area contributed by atoms with Crippen molar-refractivity contribution in [1.82, 2.24) is 29.2 Å². The van der Waals surface area contributed by atoms with Crippen molar-refractivity contribution >= 4 is 11.6 Å². The zero-order valence-corrected chi connectivity index (χ0v) is 18.8. The van der Waals surface area contributed by atoms with Gasteiger partial charge in [0.1, 0.15) is 22.6 Å². The van der Waals surface area contributed by atoms with E-state index in [0.29, 0.717) is 5.65 Å². The monoisotopic (exact) mass is 462 g/mol. The molecular weight excluding hydrogens is 436 g/mol. The molecule has 1 aliphatic rings. The smallest absolute Gasteiger partial charge is 0.270 e. The van der Waals surface area contributed by atoms with E-state index in [1.165, 1.54) is 6.20 Å². The predicted molar refractivity (Wildman–Crippen MR) is 124 cm³/mol. The first kappa shape index (κ1) is 22.2. The van der Waals surface area contributed by atoms with Gasteiger partial charge >= 0.3 is 0 Å². The summed E-state index contributed by atoms with van der Waals surface area (Å²) >= 11 is 0. The van der Waals surface area contributed by atoms with Gasteiger partial charge in [-0.05, 0) is 50.5 Å². The first-order chi connectivity index (χ1) is 16.5. The maximum atomic E-state index is 13.0. The molecule has 4 N–H and O–H groups in total. The summed E-state index contributed by atoms with van der Waals surface area (Å²) in [5.41, 5.74) is 3.91. The number of nitrogens with zero attached hydrogens (tertiary/aromatic N) is 5. The molecule has 0 spiro atoms. The van der Waals surface area contributed by atoms with E-state index in [-0.39, 0.29) is 5.69 Å². The number of aliphatic hydroxyl groups is 3. The summed E-state index contributed by atoms with van der Waals surface area (Å²) < 4.78 is 3.74. The van der Waals surface area contributed by atoms with Crippen molar-refractivity contribution in [2.75, 3.05) is 19.8 Å². The second-order valence-electron chi connectivity index (χ2n) is 8.65. The van der Waals surface area contributed by atoms with Crippen LogP contribution in [-0.4, -0.2) is 70.5 Å². The topological polar surface area (TPSA) is 138 Å². The van der Waals surface area contributed by atoms with E-state index in [9.17, 15) is 20.1 Å². The maximum absolute atomic E-state index is 13.0. The molecule has 10 heteroatoms. The molecule has 1 amide bonds. The van der Waals surface area contributed by atoms with E-state index < -0.39 is 31.3 Å². The molecule has 4 heterocycles. The van der Waals surface area contributed by atoms with Gasteiger partial charge in [0.2, 0.25) is 0 Å². The van der Waals surface area contributed by atoms with E-state index in [0.717, 1.165) is 53.5 Å². The van der Waals surface area contributed by atoms with Crippen molar-refractivity contribution in [1.29, 1.82) is 0 Å². The van der Waals surface area contributed by atoms with Gasteiger partial charge < -0.3 is 20.6 Å². The summed E-state index contributed by atoms with van der Waals surface area (Å²) in [6, 6.07) is 9.59. The molecule has 34 heavy (non-hydrogen) atoms. The van der Waals surface area contributed by atoms with Gasteiger partial charge in [0.15, 0.2) is 5.82 Å². The predicted octanol–water partition coefficient (Wildman–Crippen LogP) is 0.825. The molecule has 0 saturated heterocycles. The number of hydrogen-bond donors (Lipinski definition) is 4. The van der Waals surface area contributed by atoms with Crippen molar-refractivity contribution in [3.63, 3.8) is 0 Å². The second kappa shape index (κ2) is 8.64. The first-order valence-corrected chi connectivity index (χ1v) is 11.2. The molecule has 5 rings (SSSR count). The molecule has 0 saturated carbocycles. The molecular formula is C24H26N6O4. The zero-order valence-electron chi connectivity index (χ0n) is 18.8. The molecule has 10 nitrogen and oxygen atoms in total. The van der Waals surface area contributed by atoms with Crippen LogP contribution < -0.4 is 5.32 Å². The molecule has 4 aromatic rings. The SMILES string of the molecule is Cc1cccc(-c2nc3c(n2-c2ccc4ncc(C(=O)NC(CO)(CO)CO)n4c2)CCC3)n1. The number of aryl methyl sites for hydroxylation is 2. The van der Waals surface area contributed by atoms with E-state index in [4.69, 9.17) is 4.98 Å². The highest BCUT2D eigenvalue weighted by atomic mass is 16.3. The number of imidazole rings is 2. The Morgan fingerprint density at radius 1 is 1.09 bits per heavy atom. The lowest BCUT2D eigenvalue weighted by atomic mass is 10.0. The van der Waals surface area contributed by atoms with Crippen LogP contribution >= 0.6 is 0 Å². The lowest BCUT2D eigenvalue weighted by Gasteiger charge is -2.28. The van der Waals surface area contributed by atoms with E-state index >= 15 is 0 Å². The van der Waals surface area contributed by atoms with Crippen LogP contribution in [0.25, 0.3) is 22.9 Å². The number of pyridine rings is 2. The Bertz CT molecular complexity index is 1360. The van der Waals surface area contributed by atoms with Crippen LogP contribution in [0, 0.1) is 6.92 Å². The molecule has 0 bridgehead atoms. The largest absolute Gasteiger partial charge is 0.394 e. The summed E-state index contributed by atoms with van der Waals surface area (Å²) in [6.07, 6.45) is 6.08. The molecule has 0 aromatic carbocycles. The van der Waals surface area contributed by atoms with Gasteiger partial charge in [-0.3, -0.25) is 13.8 Å². The lowest BCUT2D eigenvalue weighted by molar-refractivity contribution is 0.0372. The molecule has 0 aliphatic heterocycles. The van der Waals surface area contributed by atoms with Crippen LogP contribution in [0.2, 0.25) is 0 Å². The van der Waals surface area contributed by atoms with Gasteiger partial charge in [-0.2, -0.15) is 0 Å². The van der Waals surface area contributed by atoms with Gasteiger partial charge in [-0.1, -0.05) is 6.07 Å². The summed E-state index contributed by atoms with van der Waals surface area (Å²) in [4.78, 5) is 26.9. The molecule has 0 atom stereocenters. The van der Waals surface area contributed by atoms with Crippen LogP contribution in [0.1, 0.15) is 34.0 Å². The van der Waals surface area contributed by atoms with Crippen LogP contribution in [0.3, 0.4) is 0 Å². The number of aromatic nitrogens is 5. The van der Waals surface area contributed by atoms with Crippen LogP contribution in [0.15, 0.2) is 42.7 Å². The molecule has 0 fully saturated rings. The highest BCUT2D eigenvalue weighted by molar-refractivity contribution is 5.94. The number of nitrogens with one attached hydrogen (secondary N) is 1. The highest BCUT2D eigenvalue weighted by Gasteiger charge is 2.31. The summed E-state index contributed by atoms with van der Waals surface area (Å²) in [5.74, 6) is 0.178. The fourth-order valence-corrected chi connectivity index (χ4v) is 4.34. The average Bonchev–Trinajstić information content (AvgIpc) is 3.56. The maximum Gasteiger partial charge on any atom is 0.270 e. The van der Waals surface area contributed by atoms with E-state index in [2.05, 4.69) is 19.9 Å².